The molecule has 0 aromatic heterocycles. The van der Waals surface area contributed by atoms with Crippen molar-refractivity contribution in [1.82, 2.24) is 5.32 Å². The molecule has 1 amide bonds. The summed E-state index contributed by atoms with van der Waals surface area (Å²) in [7, 11) is 0. The lowest BCUT2D eigenvalue weighted by molar-refractivity contribution is -0.118. The normalized spacial score (nSPS) is 10.5. The summed E-state index contributed by atoms with van der Waals surface area (Å²) in [5.41, 5.74) is 1.95. The Hall–Kier alpha value is -2.10. The highest BCUT2D eigenvalue weighted by Gasteiger charge is 2.05. The summed E-state index contributed by atoms with van der Waals surface area (Å²) in [5, 5.41) is 11.5. The maximum atomic E-state index is 10.8. The van der Waals surface area contributed by atoms with E-state index in [1.165, 1.54) is 6.92 Å². The number of carbonyl (C=O) groups excluding carboxylic acids is 1. The van der Waals surface area contributed by atoms with Crippen LogP contribution in [-0.2, 0) is 4.79 Å². The second-order valence-electron chi connectivity index (χ2n) is 3.72. The predicted molar refractivity (Wildman–Crippen MR) is 65.9 cm³/mol. The fraction of sp³-hybridized carbons (Fsp3) is 0.231. The summed E-state index contributed by atoms with van der Waals surface area (Å²) in [6.07, 6.45) is 3.66. The Bertz CT molecular complexity index is 464. The Kier molecular flexibility index (Phi) is 4.46. The molecule has 0 aliphatic carbocycles. The van der Waals surface area contributed by atoms with Crippen LogP contribution in [0.4, 0.5) is 0 Å². The van der Waals surface area contributed by atoms with Gasteiger partial charge in [-0.15, -0.1) is 0 Å². The van der Waals surface area contributed by atoms with Crippen LogP contribution in [0.5, 0.6) is 0 Å². The molecule has 4 heteroatoms. The maximum Gasteiger partial charge on any atom is 0.335 e. The molecule has 0 saturated carbocycles. The third-order valence-electron chi connectivity index (χ3n) is 2.26. The van der Waals surface area contributed by atoms with E-state index in [1.54, 1.807) is 25.1 Å². The van der Waals surface area contributed by atoms with Crippen molar-refractivity contribution < 1.29 is 14.7 Å². The van der Waals surface area contributed by atoms with Crippen molar-refractivity contribution in [1.29, 1.82) is 0 Å². The van der Waals surface area contributed by atoms with Crippen molar-refractivity contribution >= 4 is 18.0 Å². The van der Waals surface area contributed by atoms with Gasteiger partial charge in [0.05, 0.1) is 5.56 Å². The molecule has 1 aromatic carbocycles. The second kappa shape index (κ2) is 5.84. The van der Waals surface area contributed by atoms with Crippen molar-refractivity contribution in [3.05, 3.63) is 41.0 Å². The highest BCUT2D eigenvalue weighted by atomic mass is 16.4. The van der Waals surface area contributed by atoms with Crippen LogP contribution in [-0.4, -0.2) is 23.5 Å². The molecule has 0 aliphatic heterocycles. The minimum atomic E-state index is -0.920. The standard InChI is InChI=1S/C13H15NO3/c1-9-8-11(4-3-7-14-10(2)15)5-6-12(9)13(16)17/h3-6,8H,7H2,1-2H3,(H,14,15)(H,16,17). The molecule has 90 valence electrons. The van der Waals surface area contributed by atoms with Crippen molar-refractivity contribution in [2.45, 2.75) is 13.8 Å². The number of aromatic carboxylic acids is 1. The summed E-state index contributed by atoms with van der Waals surface area (Å²) in [6.45, 7) is 3.68. The van der Waals surface area contributed by atoms with Crippen LogP contribution in [0.25, 0.3) is 6.08 Å². The first kappa shape index (κ1) is 13.0. The Morgan fingerprint density at radius 2 is 2.12 bits per heavy atom. The van der Waals surface area contributed by atoms with Gasteiger partial charge in [-0.25, -0.2) is 4.79 Å². The molecule has 0 aliphatic rings. The maximum absolute atomic E-state index is 10.8. The number of carboxylic acid groups (broad SMARTS) is 1. The smallest absolute Gasteiger partial charge is 0.335 e. The molecule has 0 heterocycles. The third-order valence-corrected chi connectivity index (χ3v) is 2.26. The van der Waals surface area contributed by atoms with Gasteiger partial charge in [-0.1, -0.05) is 24.3 Å². The number of benzene rings is 1. The number of aryl methyl sites for hydroxylation is 1. The first-order valence-corrected chi connectivity index (χ1v) is 5.25. The van der Waals surface area contributed by atoms with Gasteiger partial charge in [-0.3, -0.25) is 4.79 Å². The van der Waals surface area contributed by atoms with E-state index in [1.807, 2.05) is 12.2 Å². The van der Waals surface area contributed by atoms with Gasteiger partial charge in [0.15, 0.2) is 0 Å². The van der Waals surface area contributed by atoms with E-state index in [0.717, 1.165) is 11.1 Å². The highest BCUT2D eigenvalue weighted by molar-refractivity contribution is 5.89. The van der Waals surface area contributed by atoms with E-state index in [9.17, 15) is 9.59 Å². The Morgan fingerprint density at radius 1 is 1.41 bits per heavy atom. The number of amides is 1. The van der Waals surface area contributed by atoms with E-state index in [4.69, 9.17) is 5.11 Å². The molecule has 0 saturated heterocycles. The number of hydrogen-bond acceptors (Lipinski definition) is 2. The highest BCUT2D eigenvalue weighted by Crippen LogP contribution is 2.12. The molecular formula is C13H15NO3. The zero-order valence-corrected chi connectivity index (χ0v) is 9.86. The Balaban J connectivity index is 2.70. The molecular weight excluding hydrogens is 218 g/mol. The average molecular weight is 233 g/mol. The minimum absolute atomic E-state index is 0.0768. The van der Waals surface area contributed by atoms with E-state index in [2.05, 4.69) is 5.32 Å². The van der Waals surface area contributed by atoms with E-state index in [0.29, 0.717) is 12.1 Å². The molecule has 0 atom stereocenters. The van der Waals surface area contributed by atoms with Crippen molar-refractivity contribution in [3.8, 4) is 0 Å². The van der Waals surface area contributed by atoms with Crippen LogP contribution in [0.15, 0.2) is 24.3 Å². The van der Waals surface area contributed by atoms with Gasteiger partial charge >= 0.3 is 5.97 Å². The quantitative estimate of drug-likeness (QED) is 0.834. The third kappa shape index (κ3) is 4.10. The van der Waals surface area contributed by atoms with Crippen LogP contribution < -0.4 is 5.32 Å². The lowest BCUT2D eigenvalue weighted by Crippen LogP contribution is -2.19. The fourth-order valence-electron chi connectivity index (χ4n) is 1.43. The first-order valence-electron chi connectivity index (χ1n) is 5.25. The molecule has 0 bridgehead atoms. The topological polar surface area (TPSA) is 66.4 Å². The summed E-state index contributed by atoms with van der Waals surface area (Å²) < 4.78 is 0. The molecule has 0 radical (unpaired) electrons. The van der Waals surface area contributed by atoms with Crippen LogP contribution in [0.1, 0.15) is 28.4 Å². The second-order valence-corrected chi connectivity index (χ2v) is 3.72. The monoisotopic (exact) mass is 233 g/mol. The number of carboxylic acids is 1. The van der Waals surface area contributed by atoms with Gasteiger partial charge in [0.2, 0.25) is 5.91 Å². The summed E-state index contributed by atoms with van der Waals surface area (Å²) >= 11 is 0. The number of hydrogen-bond donors (Lipinski definition) is 2. The van der Waals surface area contributed by atoms with Gasteiger partial charge in [0.1, 0.15) is 0 Å². The van der Waals surface area contributed by atoms with Crippen LogP contribution in [0.2, 0.25) is 0 Å². The summed E-state index contributed by atoms with van der Waals surface area (Å²) in [5.74, 6) is -0.997. The Labute approximate surface area is 100.0 Å². The zero-order valence-electron chi connectivity index (χ0n) is 9.86. The van der Waals surface area contributed by atoms with Crippen molar-refractivity contribution in [2.24, 2.45) is 0 Å². The summed E-state index contributed by atoms with van der Waals surface area (Å²) in [6, 6.07) is 5.12. The van der Waals surface area contributed by atoms with Gasteiger partial charge in [-0.05, 0) is 24.1 Å². The molecule has 1 aromatic rings. The number of carbonyl (C=O) groups is 2. The van der Waals surface area contributed by atoms with E-state index in [-0.39, 0.29) is 5.91 Å². The van der Waals surface area contributed by atoms with Crippen molar-refractivity contribution in [2.75, 3.05) is 6.54 Å². The zero-order chi connectivity index (χ0) is 12.8. The molecule has 0 unspecified atom stereocenters. The average Bonchev–Trinajstić information content (AvgIpc) is 2.23. The van der Waals surface area contributed by atoms with Gasteiger partial charge < -0.3 is 10.4 Å². The molecule has 0 spiro atoms. The lowest BCUT2D eigenvalue weighted by Gasteiger charge is -2.02. The lowest BCUT2D eigenvalue weighted by atomic mass is 10.1. The predicted octanol–water partition coefficient (Wildman–Crippen LogP) is 1.84. The van der Waals surface area contributed by atoms with E-state index < -0.39 is 5.97 Å². The van der Waals surface area contributed by atoms with Crippen molar-refractivity contribution in [3.63, 3.8) is 0 Å². The number of nitrogens with one attached hydrogen (secondary N) is 1. The van der Waals surface area contributed by atoms with Gasteiger partial charge in [0.25, 0.3) is 0 Å². The number of rotatable bonds is 4. The largest absolute Gasteiger partial charge is 0.478 e. The Morgan fingerprint density at radius 3 is 2.65 bits per heavy atom. The summed E-state index contributed by atoms with van der Waals surface area (Å²) in [4.78, 5) is 21.4. The molecule has 2 N–H and O–H groups in total. The molecule has 4 nitrogen and oxygen atoms in total. The fourth-order valence-corrected chi connectivity index (χ4v) is 1.43. The SMILES string of the molecule is CC(=O)NCC=Cc1ccc(C(=O)O)c(C)c1. The minimum Gasteiger partial charge on any atom is -0.478 e. The van der Waals surface area contributed by atoms with Crippen LogP contribution >= 0.6 is 0 Å². The van der Waals surface area contributed by atoms with Gasteiger partial charge in [-0.2, -0.15) is 0 Å². The molecule has 1 rings (SSSR count). The molecule has 0 fully saturated rings. The molecule has 17 heavy (non-hydrogen) atoms. The van der Waals surface area contributed by atoms with E-state index >= 15 is 0 Å². The van der Waals surface area contributed by atoms with Gasteiger partial charge in [0, 0.05) is 13.5 Å². The first-order chi connectivity index (χ1) is 8.00. The van der Waals surface area contributed by atoms with Crippen LogP contribution in [0.3, 0.4) is 0 Å². The van der Waals surface area contributed by atoms with Crippen LogP contribution in [0, 0.1) is 6.92 Å².